The van der Waals surface area contributed by atoms with E-state index in [1.165, 1.54) is 27.4 Å². The van der Waals surface area contributed by atoms with Crippen LogP contribution in [0.25, 0.3) is 6.08 Å². The van der Waals surface area contributed by atoms with E-state index in [9.17, 15) is 9.90 Å². The molecule has 0 fully saturated rings. The number of hydrogen-bond donors (Lipinski definition) is 1. The minimum atomic E-state index is -0.385. The Bertz CT molecular complexity index is 882. The van der Waals surface area contributed by atoms with Crippen LogP contribution in [0.3, 0.4) is 0 Å². The van der Waals surface area contributed by atoms with Crippen LogP contribution in [-0.2, 0) is 0 Å². The van der Waals surface area contributed by atoms with Gasteiger partial charge in [-0.05, 0) is 42.8 Å². The van der Waals surface area contributed by atoms with Crippen LogP contribution in [0.15, 0.2) is 30.0 Å². The number of Topliss-reactive ketones (excluding diaryl/α,β-unsaturated/α-hetero) is 1. The van der Waals surface area contributed by atoms with Crippen molar-refractivity contribution in [2.45, 2.75) is 6.92 Å². The monoisotopic (exact) mass is 342 g/mol. The van der Waals surface area contributed by atoms with Crippen LogP contribution in [0, 0.1) is 6.92 Å². The average molecular weight is 342 g/mol. The summed E-state index contributed by atoms with van der Waals surface area (Å²) in [6.07, 6.45) is 1.55. The normalized spacial score (nSPS) is 14.2. The molecule has 6 heteroatoms. The molecule has 1 aliphatic rings. The third-order valence-electron chi connectivity index (χ3n) is 3.92. The zero-order chi connectivity index (χ0) is 18.1. The number of methoxy groups -OCH3 is 3. The molecule has 0 bridgehead atoms. The van der Waals surface area contributed by atoms with Gasteiger partial charge in [-0.1, -0.05) is 0 Å². The van der Waals surface area contributed by atoms with Crippen LogP contribution in [0.1, 0.15) is 21.5 Å². The number of allylic oxidation sites excluding steroid dienone is 1. The maximum absolute atomic E-state index is 12.6. The second kappa shape index (κ2) is 6.39. The van der Waals surface area contributed by atoms with Crippen LogP contribution >= 0.6 is 0 Å². The van der Waals surface area contributed by atoms with Gasteiger partial charge in [0, 0.05) is 5.56 Å². The average Bonchev–Trinajstić information content (AvgIpc) is 2.89. The highest BCUT2D eigenvalue weighted by atomic mass is 16.5. The summed E-state index contributed by atoms with van der Waals surface area (Å²) in [5, 5.41) is 10.0. The number of ketones is 1. The molecule has 0 radical (unpaired) electrons. The number of phenols is 1. The fraction of sp³-hybridized carbons (Fsp3) is 0.211. The lowest BCUT2D eigenvalue weighted by atomic mass is 10.1. The molecule has 0 aromatic heterocycles. The molecule has 0 atom stereocenters. The number of benzene rings is 2. The minimum Gasteiger partial charge on any atom is -0.507 e. The van der Waals surface area contributed by atoms with Crippen molar-refractivity contribution in [1.29, 1.82) is 0 Å². The zero-order valence-electron chi connectivity index (χ0n) is 14.4. The van der Waals surface area contributed by atoms with Crippen LogP contribution in [0.5, 0.6) is 28.7 Å². The summed E-state index contributed by atoms with van der Waals surface area (Å²) in [5.74, 6) is 1.31. The van der Waals surface area contributed by atoms with E-state index in [1.54, 1.807) is 24.3 Å². The highest BCUT2D eigenvalue weighted by Gasteiger charge is 2.31. The molecule has 0 amide bonds. The molecule has 25 heavy (non-hydrogen) atoms. The molecule has 3 rings (SSSR count). The largest absolute Gasteiger partial charge is 0.507 e. The molecule has 2 aromatic carbocycles. The Labute approximate surface area is 145 Å². The molecule has 0 aliphatic carbocycles. The summed E-state index contributed by atoms with van der Waals surface area (Å²) < 4.78 is 21.6. The van der Waals surface area contributed by atoms with Gasteiger partial charge in [0.15, 0.2) is 17.3 Å². The lowest BCUT2D eigenvalue weighted by Crippen LogP contribution is -2.00. The first kappa shape index (κ1) is 16.7. The van der Waals surface area contributed by atoms with Crippen LogP contribution in [-0.4, -0.2) is 32.2 Å². The van der Waals surface area contributed by atoms with E-state index in [1.807, 2.05) is 6.92 Å². The molecular formula is C19H18O6. The van der Waals surface area contributed by atoms with E-state index in [-0.39, 0.29) is 22.9 Å². The zero-order valence-corrected chi connectivity index (χ0v) is 14.4. The fourth-order valence-electron chi connectivity index (χ4n) is 2.81. The van der Waals surface area contributed by atoms with E-state index >= 15 is 0 Å². The number of hydrogen-bond acceptors (Lipinski definition) is 6. The van der Waals surface area contributed by atoms with Crippen molar-refractivity contribution < 1.29 is 28.8 Å². The van der Waals surface area contributed by atoms with E-state index in [4.69, 9.17) is 18.9 Å². The van der Waals surface area contributed by atoms with Gasteiger partial charge < -0.3 is 24.1 Å². The lowest BCUT2D eigenvalue weighted by molar-refractivity contribution is 0.101. The first-order valence-electron chi connectivity index (χ1n) is 7.57. The third kappa shape index (κ3) is 2.76. The van der Waals surface area contributed by atoms with Gasteiger partial charge in [0.2, 0.25) is 11.5 Å². The maximum atomic E-state index is 12.6. The summed E-state index contributed by atoms with van der Waals surface area (Å²) in [6.45, 7) is 1.81. The smallest absolute Gasteiger partial charge is 0.235 e. The SMILES string of the molecule is COc1ccc(C=C2Oc3cc(C)cc(O)c3C2=O)c(OC)c1OC. The van der Waals surface area contributed by atoms with Gasteiger partial charge in [0.05, 0.1) is 21.3 Å². The fourth-order valence-corrected chi connectivity index (χ4v) is 2.81. The summed E-state index contributed by atoms with van der Waals surface area (Å²) in [7, 11) is 4.53. The number of aromatic hydroxyl groups is 1. The van der Waals surface area contributed by atoms with Crippen molar-refractivity contribution in [3.63, 3.8) is 0 Å². The van der Waals surface area contributed by atoms with Crippen molar-refractivity contribution in [3.8, 4) is 28.7 Å². The molecule has 0 saturated heterocycles. The van der Waals surface area contributed by atoms with Crippen LogP contribution < -0.4 is 18.9 Å². The van der Waals surface area contributed by atoms with Gasteiger partial charge in [-0.25, -0.2) is 0 Å². The summed E-state index contributed by atoms with van der Waals surface area (Å²) in [5.41, 5.74) is 1.55. The quantitative estimate of drug-likeness (QED) is 0.859. The molecule has 0 unspecified atom stereocenters. The van der Waals surface area contributed by atoms with Gasteiger partial charge in [0.25, 0.3) is 0 Å². The van der Waals surface area contributed by atoms with E-state index in [0.717, 1.165) is 5.56 Å². The van der Waals surface area contributed by atoms with Crippen molar-refractivity contribution >= 4 is 11.9 Å². The molecule has 0 spiro atoms. The number of fused-ring (bicyclic) bond motifs is 1. The molecule has 0 saturated carbocycles. The van der Waals surface area contributed by atoms with Crippen molar-refractivity contribution in [3.05, 3.63) is 46.7 Å². The highest BCUT2D eigenvalue weighted by Crippen LogP contribution is 2.43. The molecule has 1 aliphatic heterocycles. The van der Waals surface area contributed by atoms with Crippen molar-refractivity contribution in [2.75, 3.05) is 21.3 Å². The number of aryl methyl sites for hydroxylation is 1. The molecule has 6 nitrogen and oxygen atoms in total. The predicted octanol–water partition coefficient (Wildman–Crippen LogP) is 3.34. The topological polar surface area (TPSA) is 74.2 Å². The van der Waals surface area contributed by atoms with Crippen molar-refractivity contribution in [1.82, 2.24) is 0 Å². The van der Waals surface area contributed by atoms with Gasteiger partial charge in [-0.15, -0.1) is 0 Å². The lowest BCUT2D eigenvalue weighted by Gasteiger charge is -2.14. The number of carbonyl (C=O) groups is 1. The predicted molar refractivity (Wildman–Crippen MR) is 91.9 cm³/mol. The Hall–Kier alpha value is -3.15. The highest BCUT2D eigenvalue weighted by molar-refractivity contribution is 6.16. The molecule has 2 aromatic rings. The van der Waals surface area contributed by atoms with Gasteiger partial charge >= 0.3 is 0 Å². The summed E-state index contributed by atoms with van der Waals surface area (Å²) in [4.78, 5) is 12.6. The summed E-state index contributed by atoms with van der Waals surface area (Å²) >= 11 is 0. The Morgan fingerprint density at radius 3 is 2.40 bits per heavy atom. The van der Waals surface area contributed by atoms with E-state index < -0.39 is 0 Å². The molecular weight excluding hydrogens is 324 g/mol. The third-order valence-corrected chi connectivity index (χ3v) is 3.92. The second-order valence-corrected chi connectivity index (χ2v) is 5.52. The molecule has 1 heterocycles. The van der Waals surface area contributed by atoms with Crippen molar-refractivity contribution in [2.24, 2.45) is 0 Å². The minimum absolute atomic E-state index is 0.0947. The first-order valence-corrected chi connectivity index (χ1v) is 7.57. The van der Waals surface area contributed by atoms with Crippen LogP contribution in [0.4, 0.5) is 0 Å². The Morgan fingerprint density at radius 2 is 1.76 bits per heavy atom. The standard InChI is InChI=1S/C19H18O6/c1-10-7-12(20)16-14(8-10)25-15(17(16)21)9-11-5-6-13(22-2)19(24-4)18(11)23-3/h5-9,20H,1-4H3. The number of rotatable bonds is 4. The molecule has 1 N–H and O–H groups in total. The Balaban J connectivity index is 2.08. The van der Waals surface area contributed by atoms with Gasteiger partial charge in [0.1, 0.15) is 17.1 Å². The van der Waals surface area contributed by atoms with E-state index in [2.05, 4.69) is 0 Å². The summed E-state index contributed by atoms with van der Waals surface area (Å²) in [6, 6.07) is 6.68. The molecule has 130 valence electrons. The van der Waals surface area contributed by atoms with E-state index in [0.29, 0.717) is 28.6 Å². The Kier molecular flexibility index (Phi) is 4.27. The Morgan fingerprint density at radius 1 is 1.04 bits per heavy atom. The van der Waals surface area contributed by atoms with Gasteiger partial charge in [-0.3, -0.25) is 4.79 Å². The number of ether oxygens (including phenoxy) is 4. The maximum Gasteiger partial charge on any atom is 0.235 e. The first-order chi connectivity index (χ1) is 12.0. The van der Waals surface area contributed by atoms with Crippen LogP contribution in [0.2, 0.25) is 0 Å². The number of phenolic OH excluding ortho intramolecular Hbond substituents is 1. The van der Waals surface area contributed by atoms with Gasteiger partial charge in [-0.2, -0.15) is 0 Å². The number of carbonyl (C=O) groups excluding carboxylic acids is 1. The second-order valence-electron chi connectivity index (χ2n) is 5.52.